The summed E-state index contributed by atoms with van der Waals surface area (Å²) < 4.78 is 31.7. The highest BCUT2D eigenvalue weighted by molar-refractivity contribution is 5.67. The number of methoxy groups -OCH3 is 1. The number of hydrogen-bond acceptors (Lipinski definition) is 3. The van der Waals surface area contributed by atoms with Crippen molar-refractivity contribution in [2.45, 2.75) is 0 Å². The normalized spacial score (nSPS) is 9.79. The number of nitriles is 1. The molecule has 0 radical (unpaired) electrons. The summed E-state index contributed by atoms with van der Waals surface area (Å²) in [7, 11) is 1.37. The number of anilines is 2. The molecule has 0 amide bonds. The van der Waals surface area contributed by atoms with Crippen molar-refractivity contribution in [2.24, 2.45) is 0 Å². The van der Waals surface area contributed by atoms with E-state index in [4.69, 9.17) is 10.00 Å². The summed E-state index contributed by atoms with van der Waals surface area (Å²) >= 11 is 0. The number of halogens is 2. The molecule has 0 unspecified atom stereocenters. The summed E-state index contributed by atoms with van der Waals surface area (Å²) in [6.45, 7) is 0. The van der Waals surface area contributed by atoms with E-state index in [9.17, 15) is 8.78 Å². The van der Waals surface area contributed by atoms with E-state index in [1.807, 2.05) is 0 Å². The second-order valence-corrected chi connectivity index (χ2v) is 3.75. The molecule has 0 fully saturated rings. The van der Waals surface area contributed by atoms with Crippen molar-refractivity contribution in [2.75, 3.05) is 12.4 Å². The molecule has 0 aliphatic carbocycles. The van der Waals surface area contributed by atoms with Crippen LogP contribution in [0.25, 0.3) is 0 Å². The Labute approximate surface area is 109 Å². The molecule has 2 aromatic carbocycles. The zero-order valence-electron chi connectivity index (χ0n) is 10.1. The van der Waals surface area contributed by atoms with Crippen molar-refractivity contribution in [3.63, 3.8) is 0 Å². The lowest BCUT2D eigenvalue weighted by molar-refractivity contribution is 0.386. The van der Waals surface area contributed by atoms with Crippen LogP contribution in [0.2, 0.25) is 0 Å². The molecule has 0 heterocycles. The maximum atomic E-state index is 13.5. The zero-order valence-corrected chi connectivity index (χ0v) is 10.1. The lowest BCUT2D eigenvalue weighted by Gasteiger charge is -2.10. The third kappa shape index (κ3) is 2.63. The fourth-order valence-electron chi connectivity index (χ4n) is 1.64. The Morgan fingerprint density at radius 2 is 1.95 bits per heavy atom. The zero-order chi connectivity index (χ0) is 13.8. The molecule has 2 rings (SSSR count). The van der Waals surface area contributed by atoms with Crippen LogP contribution in [-0.4, -0.2) is 7.11 Å². The molecular formula is C14H10F2N2O. The molecule has 0 aromatic heterocycles. The van der Waals surface area contributed by atoms with Gasteiger partial charge in [-0.2, -0.15) is 5.26 Å². The minimum absolute atomic E-state index is 0.112. The molecule has 0 aliphatic rings. The molecule has 0 atom stereocenters. The highest BCUT2D eigenvalue weighted by atomic mass is 19.1. The predicted octanol–water partition coefficient (Wildman–Crippen LogP) is 3.59. The van der Waals surface area contributed by atoms with Gasteiger partial charge in [-0.15, -0.1) is 0 Å². The smallest absolute Gasteiger partial charge is 0.167 e. The second kappa shape index (κ2) is 5.36. The van der Waals surface area contributed by atoms with E-state index in [0.29, 0.717) is 5.69 Å². The largest absolute Gasteiger partial charge is 0.494 e. The molecular weight excluding hydrogens is 250 g/mol. The highest BCUT2D eigenvalue weighted by Gasteiger charge is 2.09. The van der Waals surface area contributed by atoms with Gasteiger partial charge in [-0.3, -0.25) is 0 Å². The Morgan fingerprint density at radius 3 is 2.58 bits per heavy atom. The fraction of sp³-hybridized carbons (Fsp3) is 0.0714. The molecule has 5 heteroatoms. The molecule has 2 aromatic rings. The minimum atomic E-state index is -0.624. The summed E-state index contributed by atoms with van der Waals surface area (Å²) in [5.41, 5.74) is 0.575. The number of nitrogens with one attached hydrogen (secondary N) is 1. The first kappa shape index (κ1) is 12.8. The number of ether oxygens (including phenoxy) is 1. The van der Waals surface area contributed by atoms with Crippen molar-refractivity contribution >= 4 is 11.4 Å². The van der Waals surface area contributed by atoms with Gasteiger partial charge < -0.3 is 10.1 Å². The summed E-state index contributed by atoms with van der Waals surface area (Å²) in [5.74, 6) is -1.05. The lowest BCUT2D eigenvalue weighted by atomic mass is 10.1. The first-order valence-electron chi connectivity index (χ1n) is 5.45. The average Bonchev–Trinajstić information content (AvgIpc) is 2.39. The molecule has 0 aliphatic heterocycles. The van der Waals surface area contributed by atoms with Crippen LogP contribution in [0.4, 0.5) is 20.2 Å². The molecule has 0 spiro atoms. The Bertz CT molecular complexity index is 650. The quantitative estimate of drug-likeness (QED) is 0.917. The predicted molar refractivity (Wildman–Crippen MR) is 67.3 cm³/mol. The van der Waals surface area contributed by atoms with Crippen LogP contribution in [0.15, 0.2) is 36.4 Å². The van der Waals surface area contributed by atoms with E-state index in [-0.39, 0.29) is 17.0 Å². The molecule has 1 N–H and O–H groups in total. The van der Waals surface area contributed by atoms with E-state index < -0.39 is 11.6 Å². The van der Waals surface area contributed by atoms with Gasteiger partial charge in [-0.25, -0.2) is 8.78 Å². The Morgan fingerprint density at radius 1 is 1.16 bits per heavy atom. The van der Waals surface area contributed by atoms with Crippen LogP contribution in [0.1, 0.15) is 5.56 Å². The number of hydrogen-bond donors (Lipinski definition) is 1. The van der Waals surface area contributed by atoms with Crippen LogP contribution in [-0.2, 0) is 0 Å². The van der Waals surface area contributed by atoms with Gasteiger partial charge in [0.1, 0.15) is 17.4 Å². The van der Waals surface area contributed by atoms with Crippen molar-refractivity contribution in [3.8, 4) is 11.8 Å². The monoisotopic (exact) mass is 260 g/mol. The van der Waals surface area contributed by atoms with Crippen molar-refractivity contribution < 1.29 is 13.5 Å². The van der Waals surface area contributed by atoms with Gasteiger partial charge in [-0.05, 0) is 24.3 Å². The van der Waals surface area contributed by atoms with E-state index >= 15 is 0 Å². The van der Waals surface area contributed by atoms with Gasteiger partial charge in [0.05, 0.1) is 12.8 Å². The molecule has 0 bridgehead atoms. The second-order valence-electron chi connectivity index (χ2n) is 3.75. The van der Waals surface area contributed by atoms with Gasteiger partial charge in [0, 0.05) is 11.8 Å². The van der Waals surface area contributed by atoms with Gasteiger partial charge in [-0.1, -0.05) is 6.07 Å². The number of nitrogens with zero attached hydrogens (tertiary/aromatic N) is 1. The molecule has 0 saturated carbocycles. The Balaban J connectivity index is 2.34. The maximum absolute atomic E-state index is 13.5. The van der Waals surface area contributed by atoms with Crippen molar-refractivity contribution in [3.05, 3.63) is 53.6 Å². The molecule has 3 nitrogen and oxygen atoms in total. The summed E-state index contributed by atoms with van der Waals surface area (Å²) in [4.78, 5) is 0. The maximum Gasteiger partial charge on any atom is 0.167 e. The Hall–Kier alpha value is -2.61. The van der Waals surface area contributed by atoms with E-state index in [1.165, 1.54) is 31.4 Å². The highest BCUT2D eigenvalue weighted by Crippen LogP contribution is 2.26. The number of rotatable bonds is 3. The summed E-state index contributed by atoms with van der Waals surface area (Å²) in [5, 5.41) is 11.7. The van der Waals surface area contributed by atoms with Gasteiger partial charge in [0.25, 0.3) is 0 Å². The standard InChI is InChI=1S/C14H10F2N2O/c1-19-14-6-5-9(7-12(14)16)18-13-4-2-3-11(15)10(13)8-17/h2-7,18H,1H3. The van der Waals surface area contributed by atoms with E-state index in [1.54, 1.807) is 18.2 Å². The van der Waals surface area contributed by atoms with Crippen LogP contribution in [0.3, 0.4) is 0 Å². The first-order valence-corrected chi connectivity index (χ1v) is 5.45. The first-order chi connectivity index (χ1) is 9.15. The number of benzene rings is 2. The third-order valence-electron chi connectivity index (χ3n) is 2.56. The average molecular weight is 260 g/mol. The molecule has 19 heavy (non-hydrogen) atoms. The SMILES string of the molecule is COc1ccc(Nc2cccc(F)c2C#N)cc1F. The van der Waals surface area contributed by atoms with Crippen molar-refractivity contribution in [1.82, 2.24) is 0 Å². The van der Waals surface area contributed by atoms with Crippen molar-refractivity contribution in [1.29, 1.82) is 5.26 Å². The topological polar surface area (TPSA) is 45.0 Å². The summed E-state index contributed by atoms with van der Waals surface area (Å²) in [6.07, 6.45) is 0. The van der Waals surface area contributed by atoms with Crippen LogP contribution < -0.4 is 10.1 Å². The van der Waals surface area contributed by atoms with Gasteiger partial charge in [0.15, 0.2) is 11.6 Å². The van der Waals surface area contributed by atoms with Crippen LogP contribution in [0.5, 0.6) is 5.75 Å². The molecule has 0 saturated heterocycles. The van der Waals surface area contributed by atoms with Gasteiger partial charge >= 0.3 is 0 Å². The summed E-state index contributed by atoms with van der Waals surface area (Å²) in [6, 6.07) is 10.2. The fourth-order valence-corrected chi connectivity index (χ4v) is 1.64. The third-order valence-corrected chi connectivity index (χ3v) is 2.56. The Kier molecular flexibility index (Phi) is 3.62. The molecule has 96 valence electrons. The minimum Gasteiger partial charge on any atom is -0.494 e. The van der Waals surface area contributed by atoms with E-state index in [0.717, 1.165) is 0 Å². The van der Waals surface area contributed by atoms with Crippen LogP contribution >= 0.6 is 0 Å². The lowest BCUT2D eigenvalue weighted by Crippen LogP contribution is -1.97. The van der Waals surface area contributed by atoms with Crippen LogP contribution in [0, 0.1) is 23.0 Å². The van der Waals surface area contributed by atoms with E-state index in [2.05, 4.69) is 5.32 Å². The van der Waals surface area contributed by atoms with Gasteiger partial charge in [0.2, 0.25) is 0 Å².